The minimum Gasteiger partial charge on any atom is -0.207 e. The van der Waals surface area contributed by atoms with Gasteiger partial charge in [-0.25, -0.2) is 8.78 Å². The van der Waals surface area contributed by atoms with E-state index in [0.717, 1.165) is 5.56 Å². The summed E-state index contributed by atoms with van der Waals surface area (Å²) in [4.78, 5) is 0. The van der Waals surface area contributed by atoms with Crippen LogP contribution in [0.1, 0.15) is 5.56 Å². The average molecular weight is 239 g/mol. The molecule has 0 aliphatic heterocycles. The van der Waals surface area contributed by atoms with Gasteiger partial charge in [-0.3, -0.25) is 0 Å². The molecule has 0 bridgehead atoms. The van der Waals surface area contributed by atoms with Crippen molar-refractivity contribution in [1.82, 2.24) is 0 Å². The number of hydrogen-bond donors (Lipinski definition) is 0. The Balaban J connectivity index is 2.62. The van der Waals surface area contributed by atoms with E-state index in [2.05, 4.69) is 0 Å². The molecule has 0 unspecified atom stereocenters. The molecule has 0 saturated carbocycles. The average Bonchev–Trinajstić information content (AvgIpc) is 2.22. The number of aryl methyl sites for hydroxylation is 1. The quantitative estimate of drug-likeness (QED) is 0.682. The predicted molar refractivity (Wildman–Crippen MR) is 61.5 cm³/mol. The highest BCUT2D eigenvalue weighted by Crippen LogP contribution is 2.30. The van der Waals surface area contributed by atoms with Crippen LogP contribution in [0.15, 0.2) is 36.4 Å². The van der Waals surface area contributed by atoms with Crippen molar-refractivity contribution in [3.8, 4) is 11.1 Å². The fourth-order valence-corrected chi connectivity index (χ4v) is 1.82. The Hall–Kier alpha value is -1.41. The minimum absolute atomic E-state index is 0.213. The summed E-state index contributed by atoms with van der Waals surface area (Å²) in [6, 6.07) is 8.67. The van der Waals surface area contributed by atoms with Crippen LogP contribution < -0.4 is 0 Å². The molecule has 0 fully saturated rings. The first-order chi connectivity index (χ1) is 7.58. The van der Waals surface area contributed by atoms with Crippen LogP contribution in [0.4, 0.5) is 8.78 Å². The molecule has 0 aliphatic carbocycles. The lowest BCUT2D eigenvalue weighted by atomic mass is 10.0. The highest BCUT2D eigenvalue weighted by Gasteiger charge is 2.09. The molecule has 3 heteroatoms. The van der Waals surface area contributed by atoms with Crippen LogP contribution in [-0.4, -0.2) is 0 Å². The first-order valence-electron chi connectivity index (χ1n) is 4.79. The van der Waals surface area contributed by atoms with E-state index >= 15 is 0 Å². The van der Waals surface area contributed by atoms with Gasteiger partial charge in [0.2, 0.25) is 0 Å². The van der Waals surface area contributed by atoms with Crippen LogP contribution in [0.25, 0.3) is 11.1 Å². The summed E-state index contributed by atoms with van der Waals surface area (Å²) >= 11 is 5.88. The summed E-state index contributed by atoms with van der Waals surface area (Å²) in [6.45, 7) is 1.86. The lowest BCUT2D eigenvalue weighted by Gasteiger charge is -2.07. The molecular weight excluding hydrogens is 230 g/mol. The Morgan fingerprint density at radius 3 is 2.38 bits per heavy atom. The normalized spacial score (nSPS) is 10.5. The van der Waals surface area contributed by atoms with Gasteiger partial charge in [0.05, 0.1) is 5.02 Å². The molecule has 2 rings (SSSR count). The fraction of sp³-hybridized carbons (Fsp3) is 0.0769. The largest absolute Gasteiger partial charge is 0.207 e. The van der Waals surface area contributed by atoms with Crippen molar-refractivity contribution in [2.75, 3.05) is 0 Å². The van der Waals surface area contributed by atoms with Crippen molar-refractivity contribution >= 4 is 11.6 Å². The molecule has 0 radical (unpaired) electrons. The molecule has 2 aromatic rings. The topological polar surface area (TPSA) is 0 Å². The van der Waals surface area contributed by atoms with Gasteiger partial charge in [0.25, 0.3) is 0 Å². The number of benzene rings is 2. The van der Waals surface area contributed by atoms with Gasteiger partial charge >= 0.3 is 0 Å². The maximum atomic E-state index is 13.6. The summed E-state index contributed by atoms with van der Waals surface area (Å²) < 4.78 is 26.4. The van der Waals surface area contributed by atoms with Crippen molar-refractivity contribution in [3.05, 3.63) is 58.6 Å². The van der Waals surface area contributed by atoms with E-state index in [4.69, 9.17) is 11.6 Å². The van der Waals surface area contributed by atoms with Crippen LogP contribution in [0.5, 0.6) is 0 Å². The number of rotatable bonds is 1. The summed E-state index contributed by atoms with van der Waals surface area (Å²) in [7, 11) is 0. The smallest absolute Gasteiger partial charge is 0.131 e. The Bertz CT molecular complexity index is 535. The highest BCUT2D eigenvalue weighted by molar-refractivity contribution is 6.33. The maximum absolute atomic E-state index is 13.6. The minimum atomic E-state index is -0.429. The molecule has 0 nitrogen and oxygen atoms in total. The molecule has 82 valence electrons. The molecule has 0 spiro atoms. The van der Waals surface area contributed by atoms with Gasteiger partial charge in [0, 0.05) is 11.1 Å². The Morgan fingerprint density at radius 1 is 0.938 bits per heavy atom. The second-order valence-corrected chi connectivity index (χ2v) is 4.01. The SMILES string of the molecule is Cc1ccc(F)c(-c2ccc(F)cc2Cl)c1. The van der Waals surface area contributed by atoms with Gasteiger partial charge in [-0.2, -0.15) is 0 Å². The highest BCUT2D eigenvalue weighted by atomic mass is 35.5. The van der Waals surface area contributed by atoms with E-state index in [-0.39, 0.29) is 10.8 Å². The Kier molecular flexibility index (Phi) is 2.92. The van der Waals surface area contributed by atoms with Crippen LogP contribution in [-0.2, 0) is 0 Å². The van der Waals surface area contributed by atoms with Gasteiger partial charge in [0.1, 0.15) is 11.6 Å². The van der Waals surface area contributed by atoms with E-state index < -0.39 is 5.82 Å². The summed E-state index contributed by atoms with van der Waals surface area (Å²) in [5.74, 6) is -0.791. The van der Waals surface area contributed by atoms with Gasteiger partial charge in [-0.1, -0.05) is 23.2 Å². The van der Waals surface area contributed by atoms with Crippen molar-refractivity contribution in [2.45, 2.75) is 6.92 Å². The van der Waals surface area contributed by atoms with Crippen molar-refractivity contribution in [1.29, 1.82) is 0 Å². The zero-order valence-corrected chi connectivity index (χ0v) is 9.35. The molecule has 0 aliphatic rings. The molecule has 16 heavy (non-hydrogen) atoms. The van der Waals surface area contributed by atoms with E-state index in [1.165, 1.54) is 24.3 Å². The maximum Gasteiger partial charge on any atom is 0.131 e. The molecule has 0 atom stereocenters. The molecule has 2 aromatic carbocycles. The summed E-state index contributed by atoms with van der Waals surface area (Å²) in [5, 5.41) is 0.213. The van der Waals surface area contributed by atoms with Crippen LogP contribution in [0, 0.1) is 18.6 Å². The zero-order valence-electron chi connectivity index (χ0n) is 8.60. The van der Waals surface area contributed by atoms with Gasteiger partial charge < -0.3 is 0 Å². The molecular formula is C13H9ClF2. The standard InChI is InChI=1S/C13H9ClF2/c1-8-2-5-13(16)11(6-8)10-4-3-9(15)7-12(10)14/h2-7H,1H3. The van der Waals surface area contributed by atoms with Crippen molar-refractivity contribution < 1.29 is 8.78 Å². The van der Waals surface area contributed by atoms with Crippen molar-refractivity contribution in [3.63, 3.8) is 0 Å². The second kappa shape index (κ2) is 4.22. The van der Waals surface area contributed by atoms with E-state index in [9.17, 15) is 8.78 Å². The van der Waals surface area contributed by atoms with E-state index in [1.807, 2.05) is 6.92 Å². The van der Waals surface area contributed by atoms with Gasteiger partial charge in [-0.15, -0.1) is 0 Å². The van der Waals surface area contributed by atoms with Crippen LogP contribution >= 0.6 is 11.6 Å². The molecule has 0 N–H and O–H groups in total. The third kappa shape index (κ3) is 2.07. The number of hydrogen-bond acceptors (Lipinski definition) is 0. The van der Waals surface area contributed by atoms with Crippen molar-refractivity contribution in [2.24, 2.45) is 0 Å². The second-order valence-electron chi connectivity index (χ2n) is 3.61. The Labute approximate surface area is 97.5 Å². The lowest BCUT2D eigenvalue weighted by Crippen LogP contribution is -1.87. The lowest BCUT2D eigenvalue weighted by molar-refractivity contribution is 0.625. The number of halogens is 3. The third-order valence-electron chi connectivity index (χ3n) is 2.34. The predicted octanol–water partition coefficient (Wildman–Crippen LogP) is 4.59. The molecule has 0 heterocycles. The first kappa shape index (κ1) is 11.1. The monoisotopic (exact) mass is 238 g/mol. The van der Waals surface area contributed by atoms with E-state index in [0.29, 0.717) is 11.1 Å². The van der Waals surface area contributed by atoms with Gasteiger partial charge in [0.15, 0.2) is 0 Å². The zero-order chi connectivity index (χ0) is 11.7. The van der Waals surface area contributed by atoms with Crippen LogP contribution in [0.2, 0.25) is 5.02 Å². The first-order valence-corrected chi connectivity index (χ1v) is 5.17. The fourth-order valence-electron chi connectivity index (χ4n) is 1.55. The van der Waals surface area contributed by atoms with E-state index in [1.54, 1.807) is 12.1 Å². The molecule has 0 saturated heterocycles. The molecule has 0 amide bonds. The summed E-state index contributed by atoms with van der Waals surface area (Å²) in [6.07, 6.45) is 0. The summed E-state index contributed by atoms with van der Waals surface area (Å²) in [5.41, 5.74) is 1.83. The Morgan fingerprint density at radius 2 is 1.69 bits per heavy atom. The third-order valence-corrected chi connectivity index (χ3v) is 2.66. The van der Waals surface area contributed by atoms with Gasteiger partial charge in [-0.05, 0) is 37.3 Å². The van der Waals surface area contributed by atoms with Crippen LogP contribution in [0.3, 0.4) is 0 Å². The molecule has 0 aromatic heterocycles.